The Morgan fingerprint density at radius 2 is 2.10 bits per heavy atom. The fraction of sp³-hybridized carbons (Fsp3) is 0.238. The molecule has 160 valence electrons. The van der Waals surface area contributed by atoms with Gasteiger partial charge in [0.15, 0.2) is 6.61 Å². The van der Waals surface area contributed by atoms with Crippen LogP contribution in [0.5, 0.6) is 5.75 Å². The average Bonchev–Trinajstić information content (AvgIpc) is 3.18. The van der Waals surface area contributed by atoms with E-state index in [9.17, 15) is 9.59 Å². The van der Waals surface area contributed by atoms with Gasteiger partial charge in [-0.1, -0.05) is 28.9 Å². The van der Waals surface area contributed by atoms with Crippen LogP contribution in [0.25, 0.3) is 11.4 Å². The molecule has 0 radical (unpaired) electrons. The number of ether oxygens (including phenoxy) is 1. The lowest BCUT2D eigenvalue weighted by atomic mass is 10.2. The van der Waals surface area contributed by atoms with Crippen LogP contribution in [0.4, 0.5) is 16.2 Å². The molecular formula is C21H20ClN5O4. The first-order valence-electron chi connectivity index (χ1n) is 9.62. The number of carbonyl (C=O) groups is 2. The molecule has 0 saturated carbocycles. The second kappa shape index (κ2) is 8.65. The Bertz CT molecular complexity index is 1130. The van der Waals surface area contributed by atoms with Crippen molar-refractivity contribution in [3.63, 3.8) is 0 Å². The quantitative estimate of drug-likeness (QED) is 0.622. The second-order valence-corrected chi connectivity index (χ2v) is 7.66. The molecule has 3 aromatic rings. The summed E-state index contributed by atoms with van der Waals surface area (Å²) in [4.78, 5) is 30.2. The number of amides is 3. The minimum Gasteiger partial charge on any atom is -0.482 e. The zero-order valence-electron chi connectivity index (χ0n) is 16.9. The van der Waals surface area contributed by atoms with Crippen molar-refractivity contribution in [3.05, 3.63) is 53.4 Å². The van der Waals surface area contributed by atoms with Crippen LogP contribution < -0.4 is 20.3 Å². The number of rotatable bonds is 5. The van der Waals surface area contributed by atoms with Crippen molar-refractivity contribution in [1.29, 1.82) is 0 Å². The van der Waals surface area contributed by atoms with Gasteiger partial charge >= 0.3 is 6.03 Å². The zero-order chi connectivity index (χ0) is 22.0. The Hall–Kier alpha value is -3.59. The molecule has 31 heavy (non-hydrogen) atoms. The number of aromatic nitrogens is 2. The number of urea groups is 1. The molecule has 1 aliphatic rings. The Balaban J connectivity index is 1.52. The summed E-state index contributed by atoms with van der Waals surface area (Å²) in [5.74, 6) is 0.918. The number of halogens is 1. The number of carbonyl (C=O) groups excluding carboxylic acids is 2. The summed E-state index contributed by atoms with van der Waals surface area (Å²) >= 11 is 6.08. The highest BCUT2D eigenvalue weighted by molar-refractivity contribution is 6.31. The van der Waals surface area contributed by atoms with Crippen molar-refractivity contribution in [2.24, 2.45) is 0 Å². The molecule has 0 aliphatic carbocycles. The monoisotopic (exact) mass is 441 g/mol. The Kier molecular flexibility index (Phi) is 5.77. The van der Waals surface area contributed by atoms with Gasteiger partial charge in [-0.05, 0) is 44.2 Å². The third-order valence-corrected chi connectivity index (χ3v) is 4.66. The fourth-order valence-corrected chi connectivity index (χ4v) is 3.25. The van der Waals surface area contributed by atoms with Gasteiger partial charge < -0.3 is 19.9 Å². The molecule has 1 aliphatic heterocycles. The zero-order valence-corrected chi connectivity index (χ0v) is 17.6. The number of hydrogen-bond acceptors (Lipinski definition) is 6. The lowest BCUT2D eigenvalue weighted by Crippen LogP contribution is -2.38. The van der Waals surface area contributed by atoms with E-state index in [0.717, 1.165) is 0 Å². The van der Waals surface area contributed by atoms with Crippen molar-refractivity contribution < 1.29 is 18.8 Å². The van der Waals surface area contributed by atoms with Gasteiger partial charge in [0.2, 0.25) is 11.7 Å². The lowest BCUT2D eigenvalue weighted by Gasteiger charge is -2.28. The van der Waals surface area contributed by atoms with Gasteiger partial charge in [-0.25, -0.2) is 4.79 Å². The van der Waals surface area contributed by atoms with Crippen LogP contribution >= 0.6 is 11.6 Å². The minimum atomic E-state index is -0.302. The molecule has 2 N–H and O–H groups in total. The summed E-state index contributed by atoms with van der Waals surface area (Å²) < 4.78 is 10.8. The summed E-state index contributed by atoms with van der Waals surface area (Å²) in [6.45, 7) is 3.75. The first-order chi connectivity index (χ1) is 14.9. The van der Waals surface area contributed by atoms with E-state index in [2.05, 4.69) is 20.8 Å². The van der Waals surface area contributed by atoms with Gasteiger partial charge in [-0.3, -0.25) is 9.69 Å². The predicted molar refractivity (Wildman–Crippen MR) is 115 cm³/mol. The van der Waals surface area contributed by atoms with Gasteiger partial charge in [0.1, 0.15) is 12.3 Å². The molecule has 0 spiro atoms. The van der Waals surface area contributed by atoms with E-state index in [0.29, 0.717) is 33.5 Å². The Labute approximate surface area is 183 Å². The topological polar surface area (TPSA) is 110 Å². The number of nitrogens with one attached hydrogen (secondary N) is 2. The largest absolute Gasteiger partial charge is 0.482 e. The van der Waals surface area contributed by atoms with Crippen LogP contribution in [0.3, 0.4) is 0 Å². The number of hydrogen-bond donors (Lipinski definition) is 2. The van der Waals surface area contributed by atoms with E-state index < -0.39 is 0 Å². The molecule has 0 fully saturated rings. The van der Waals surface area contributed by atoms with E-state index >= 15 is 0 Å². The van der Waals surface area contributed by atoms with Crippen LogP contribution in [-0.2, 0) is 11.3 Å². The molecule has 4 rings (SSSR count). The highest BCUT2D eigenvalue weighted by atomic mass is 35.5. The van der Waals surface area contributed by atoms with Gasteiger partial charge in [-0.2, -0.15) is 4.98 Å². The first kappa shape index (κ1) is 20.7. The molecule has 0 bridgehead atoms. The molecule has 2 heterocycles. The normalized spacial score (nSPS) is 13.0. The summed E-state index contributed by atoms with van der Waals surface area (Å²) in [6, 6.07) is 11.9. The van der Waals surface area contributed by atoms with E-state index in [1.165, 1.54) is 4.90 Å². The maximum Gasteiger partial charge on any atom is 0.319 e. The molecule has 2 aromatic carbocycles. The molecule has 0 unspecified atom stereocenters. The Morgan fingerprint density at radius 3 is 2.90 bits per heavy atom. The van der Waals surface area contributed by atoms with Gasteiger partial charge in [0.25, 0.3) is 5.91 Å². The van der Waals surface area contributed by atoms with Crippen molar-refractivity contribution in [2.75, 3.05) is 16.8 Å². The lowest BCUT2D eigenvalue weighted by molar-refractivity contribution is -0.121. The highest BCUT2D eigenvalue weighted by Crippen LogP contribution is 2.35. The van der Waals surface area contributed by atoms with Gasteiger partial charge in [0.05, 0.1) is 5.69 Å². The number of fused-ring (bicyclic) bond motifs is 1. The number of benzene rings is 2. The van der Waals surface area contributed by atoms with E-state index in [-0.39, 0.29) is 37.0 Å². The minimum absolute atomic E-state index is 0.0193. The highest BCUT2D eigenvalue weighted by Gasteiger charge is 2.27. The standard InChI is InChI=1S/C21H20ClN5O4/c1-12(2)23-21(29)24-15-5-3-4-13(8-15)20-25-18(31-26-20)10-27-16-9-14(22)6-7-17(16)30-11-19(27)28/h3-9,12H,10-11H2,1-2H3,(H2,23,24,29). The number of nitrogens with zero attached hydrogens (tertiary/aromatic N) is 3. The fourth-order valence-electron chi connectivity index (χ4n) is 3.09. The average molecular weight is 442 g/mol. The third kappa shape index (κ3) is 4.77. The van der Waals surface area contributed by atoms with Gasteiger partial charge in [0, 0.05) is 22.3 Å². The SMILES string of the molecule is CC(C)NC(=O)Nc1cccc(-c2noc(CN3C(=O)COc4ccc(Cl)cc43)n2)c1. The summed E-state index contributed by atoms with van der Waals surface area (Å²) in [7, 11) is 0. The third-order valence-electron chi connectivity index (χ3n) is 4.42. The molecule has 0 saturated heterocycles. The maximum absolute atomic E-state index is 12.4. The van der Waals surface area contributed by atoms with Crippen LogP contribution in [0.15, 0.2) is 47.0 Å². The molecule has 1 aromatic heterocycles. The van der Waals surface area contributed by atoms with Gasteiger partial charge in [-0.15, -0.1) is 0 Å². The summed E-state index contributed by atoms with van der Waals surface area (Å²) in [5, 5.41) is 10.0. The maximum atomic E-state index is 12.4. The molecule has 10 heteroatoms. The van der Waals surface area contributed by atoms with E-state index in [1.807, 2.05) is 13.8 Å². The molecule has 0 atom stereocenters. The van der Waals surface area contributed by atoms with Crippen LogP contribution in [0.1, 0.15) is 19.7 Å². The molecule has 3 amide bonds. The van der Waals surface area contributed by atoms with Crippen molar-refractivity contribution in [1.82, 2.24) is 15.5 Å². The van der Waals surface area contributed by atoms with Crippen molar-refractivity contribution >= 4 is 34.9 Å². The van der Waals surface area contributed by atoms with Crippen LogP contribution in [-0.4, -0.2) is 34.7 Å². The number of anilines is 2. The second-order valence-electron chi connectivity index (χ2n) is 7.23. The molecule has 9 nitrogen and oxygen atoms in total. The molecular weight excluding hydrogens is 422 g/mol. The smallest absolute Gasteiger partial charge is 0.319 e. The van der Waals surface area contributed by atoms with Crippen molar-refractivity contribution in [3.8, 4) is 17.1 Å². The first-order valence-corrected chi connectivity index (χ1v) is 10.00. The van der Waals surface area contributed by atoms with Crippen LogP contribution in [0, 0.1) is 0 Å². The van der Waals surface area contributed by atoms with E-state index in [4.69, 9.17) is 20.9 Å². The van der Waals surface area contributed by atoms with E-state index in [1.54, 1.807) is 42.5 Å². The summed E-state index contributed by atoms with van der Waals surface area (Å²) in [5.41, 5.74) is 1.80. The Morgan fingerprint density at radius 1 is 1.26 bits per heavy atom. The van der Waals surface area contributed by atoms with Crippen molar-refractivity contribution in [2.45, 2.75) is 26.4 Å². The summed E-state index contributed by atoms with van der Waals surface area (Å²) in [6.07, 6.45) is 0. The van der Waals surface area contributed by atoms with Crippen LogP contribution in [0.2, 0.25) is 5.02 Å². The predicted octanol–water partition coefficient (Wildman–Crippen LogP) is 3.85.